The van der Waals surface area contributed by atoms with Crippen LogP contribution in [0.25, 0.3) is 0 Å². The van der Waals surface area contributed by atoms with Gasteiger partial charge in [-0.1, -0.05) is 11.6 Å². The summed E-state index contributed by atoms with van der Waals surface area (Å²) >= 11 is 5.99. The standard InChI is InChI=1S/C12H13ClN4O2/c1-18-7-3-4-9(10(5-7)19-2)16-11-8(13)6-15-12(14)17-11/h3-6H,1-2H3,(H3,14,15,16,17). The van der Waals surface area contributed by atoms with E-state index in [1.807, 2.05) is 0 Å². The zero-order valence-electron chi connectivity index (χ0n) is 10.5. The zero-order chi connectivity index (χ0) is 13.8. The Labute approximate surface area is 115 Å². The lowest BCUT2D eigenvalue weighted by Crippen LogP contribution is -2.01. The van der Waals surface area contributed by atoms with Gasteiger partial charge in [0.1, 0.15) is 16.5 Å². The third-order valence-corrected chi connectivity index (χ3v) is 2.70. The van der Waals surface area contributed by atoms with Crippen molar-refractivity contribution < 1.29 is 9.47 Å². The molecule has 2 aromatic rings. The molecule has 0 bridgehead atoms. The fourth-order valence-electron chi connectivity index (χ4n) is 1.50. The second kappa shape index (κ2) is 5.62. The Morgan fingerprint density at radius 2 is 2.05 bits per heavy atom. The molecule has 100 valence electrons. The SMILES string of the molecule is COc1ccc(Nc2nc(N)ncc2Cl)c(OC)c1. The average Bonchev–Trinajstić information content (AvgIpc) is 2.43. The molecule has 0 aliphatic carbocycles. The predicted molar refractivity (Wildman–Crippen MR) is 74.3 cm³/mol. The molecule has 0 unspecified atom stereocenters. The summed E-state index contributed by atoms with van der Waals surface area (Å²) in [4.78, 5) is 7.82. The first-order chi connectivity index (χ1) is 9.13. The van der Waals surface area contributed by atoms with E-state index in [1.165, 1.54) is 6.20 Å². The summed E-state index contributed by atoms with van der Waals surface area (Å²) in [5.74, 6) is 1.85. The summed E-state index contributed by atoms with van der Waals surface area (Å²) in [6.07, 6.45) is 1.43. The third-order valence-electron chi connectivity index (χ3n) is 2.42. The summed E-state index contributed by atoms with van der Waals surface area (Å²) in [6, 6.07) is 5.34. The third kappa shape index (κ3) is 2.97. The zero-order valence-corrected chi connectivity index (χ0v) is 11.2. The van der Waals surface area contributed by atoms with Crippen molar-refractivity contribution >= 4 is 29.1 Å². The molecule has 6 nitrogen and oxygen atoms in total. The minimum atomic E-state index is 0.138. The molecule has 3 N–H and O–H groups in total. The molecule has 7 heteroatoms. The second-order valence-corrected chi connectivity index (χ2v) is 4.02. The van der Waals surface area contributed by atoms with Crippen LogP contribution in [0.15, 0.2) is 24.4 Å². The molecule has 0 saturated heterocycles. The summed E-state index contributed by atoms with van der Waals surface area (Å²) in [5.41, 5.74) is 6.22. The lowest BCUT2D eigenvalue weighted by molar-refractivity contribution is 0.395. The highest BCUT2D eigenvalue weighted by Gasteiger charge is 2.09. The minimum absolute atomic E-state index is 0.138. The van der Waals surface area contributed by atoms with Crippen LogP contribution in [-0.2, 0) is 0 Å². The van der Waals surface area contributed by atoms with Crippen molar-refractivity contribution in [3.63, 3.8) is 0 Å². The number of aromatic nitrogens is 2. The van der Waals surface area contributed by atoms with Gasteiger partial charge in [-0.25, -0.2) is 4.98 Å². The van der Waals surface area contributed by atoms with E-state index in [4.69, 9.17) is 26.8 Å². The highest BCUT2D eigenvalue weighted by atomic mass is 35.5. The van der Waals surface area contributed by atoms with Crippen LogP contribution in [0.1, 0.15) is 0 Å². The van der Waals surface area contributed by atoms with Crippen molar-refractivity contribution in [2.24, 2.45) is 0 Å². The van der Waals surface area contributed by atoms with Crippen molar-refractivity contribution in [1.82, 2.24) is 9.97 Å². The lowest BCUT2D eigenvalue weighted by Gasteiger charge is -2.12. The Kier molecular flexibility index (Phi) is 3.91. The number of nitrogens with two attached hydrogens (primary N) is 1. The van der Waals surface area contributed by atoms with E-state index in [0.717, 1.165) is 0 Å². The van der Waals surface area contributed by atoms with Crippen LogP contribution in [0, 0.1) is 0 Å². The van der Waals surface area contributed by atoms with Gasteiger partial charge in [-0.05, 0) is 12.1 Å². The minimum Gasteiger partial charge on any atom is -0.497 e. The molecule has 0 amide bonds. The van der Waals surface area contributed by atoms with E-state index in [1.54, 1.807) is 32.4 Å². The Morgan fingerprint density at radius 1 is 1.26 bits per heavy atom. The molecular formula is C12H13ClN4O2. The monoisotopic (exact) mass is 280 g/mol. The first-order valence-electron chi connectivity index (χ1n) is 5.41. The summed E-state index contributed by atoms with van der Waals surface area (Å²) in [6.45, 7) is 0. The van der Waals surface area contributed by atoms with Gasteiger partial charge in [-0.3, -0.25) is 0 Å². The first kappa shape index (κ1) is 13.2. The molecule has 0 spiro atoms. The summed E-state index contributed by atoms with van der Waals surface area (Å²) < 4.78 is 10.4. The number of rotatable bonds is 4. The van der Waals surface area contributed by atoms with Crippen molar-refractivity contribution in [3.05, 3.63) is 29.4 Å². The van der Waals surface area contributed by atoms with Gasteiger partial charge in [-0.2, -0.15) is 4.98 Å². The van der Waals surface area contributed by atoms with Crippen LogP contribution in [-0.4, -0.2) is 24.2 Å². The molecule has 0 aliphatic rings. The topological polar surface area (TPSA) is 82.3 Å². The fourth-order valence-corrected chi connectivity index (χ4v) is 1.64. The van der Waals surface area contributed by atoms with Gasteiger partial charge < -0.3 is 20.5 Å². The Morgan fingerprint density at radius 3 is 2.74 bits per heavy atom. The normalized spacial score (nSPS) is 10.1. The molecule has 0 radical (unpaired) electrons. The number of anilines is 3. The van der Waals surface area contributed by atoms with Gasteiger partial charge in [0.05, 0.1) is 26.1 Å². The van der Waals surface area contributed by atoms with Crippen LogP contribution in [0.3, 0.4) is 0 Å². The number of hydrogen-bond acceptors (Lipinski definition) is 6. The molecule has 0 saturated carbocycles. The smallest absolute Gasteiger partial charge is 0.222 e. The molecule has 1 aromatic heterocycles. The largest absolute Gasteiger partial charge is 0.497 e. The molecule has 2 rings (SSSR count). The van der Waals surface area contributed by atoms with Crippen molar-refractivity contribution in [2.45, 2.75) is 0 Å². The number of ether oxygens (including phenoxy) is 2. The van der Waals surface area contributed by atoms with Gasteiger partial charge in [0.2, 0.25) is 5.95 Å². The number of nitrogens with zero attached hydrogens (tertiary/aromatic N) is 2. The van der Waals surface area contributed by atoms with E-state index >= 15 is 0 Å². The van der Waals surface area contributed by atoms with Gasteiger partial charge in [0.15, 0.2) is 5.82 Å². The number of hydrogen-bond donors (Lipinski definition) is 2. The van der Waals surface area contributed by atoms with Crippen LogP contribution >= 0.6 is 11.6 Å². The highest BCUT2D eigenvalue weighted by Crippen LogP contribution is 2.32. The van der Waals surface area contributed by atoms with Crippen molar-refractivity contribution in [2.75, 3.05) is 25.3 Å². The van der Waals surface area contributed by atoms with Gasteiger partial charge in [0, 0.05) is 6.07 Å². The number of methoxy groups -OCH3 is 2. The van der Waals surface area contributed by atoms with Crippen LogP contribution < -0.4 is 20.5 Å². The molecule has 19 heavy (non-hydrogen) atoms. The molecule has 1 heterocycles. The Bertz CT molecular complexity index is 592. The number of nitrogens with one attached hydrogen (secondary N) is 1. The quantitative estimate of drug-likeness (QED) is 0.895. The van der Waals surface area contributed by atoms with Crippen LogP contribution in [0.5, 0.6) is 11.5 Å². The van der Waals surface area contributed by atoms with E-state index < -0.39 is 0 Å². The molecule has 0 fully saturated rings. The maximum Gasteiger partial charge on any atom is 0.222 e. The maximum absolute atomic E-state index is 5.99. The van der Waals surface area contributed by atoms with Gasteiger partial charge >= 0.3 is 0 Å². The Balaban J connectivity index is 2.35. The van der Waals surface area contributed by atoms with E-state index in [9.17, 15) is 0 Å². The fraction of sp³-hybridized carbons (Fsp3) is 0.167. The Hall–Kier alpha value is -2.21. The van der Waals surface area contributed by atoms with Crippen LogP contribution in [0.2, 0.25) is 5.02 Å². The average molecular weight is 281 g/mol. The predicted octanol–water partition coefficient (Wildman–Crippen LogP) is 2.47. The lowest BCUT2D eigenvalue weighted by atomic mass is 10.2. The number of nitrogen functional groups attached to an aromatic ring is 1. The first-order valence-corrected chi connectivity index (χ1v) is 5.79. The molecular weight excluding hydrogens is 268 g/mol. The van der Waals surface area contributed by atoms with Crippen LogP contribution in [0.4, 0.5) is 17.5 Å². The number of benzene rings is 1. The maximum atomic E-state index is 5.99. The summed E-state index contributed by atoms with van der Waals surface area (Å²) in [5, 5.41) is 3.41. The summed E-state index contributed by atoms with van der Waals surface area (Å²) in [7, 11) is 3.15. The van der Waals surface area contributed by atoms with Crippen molar-refractivity contribution in [3.8, 4) is 11.5 Å². The van der Waals surface area contributed by atoms with E-state index in [2.05, 4.69) is 15.3 Å². The van der Waals surface area contributed by atoms with Gasteiger partial charge in [0.25, 0.3) is 0 Å². The van der Waals surface area contributed by atoms with E-state index in [0.29, 0.717) is 28.0 Å². The molecule has 0 atom stereocenters. The number of halogens is 1. The molecule has 1 aromatic carbocycles. The van der Waals surface area contributed by atoms with E-state index in [-0.39, 0.29) is 5.95 Å². The van der Waals surface area contributed by atoms with Crippen molar-refractivity contribution in [1.29, 1.82) is 0 Å². The second-order valence-electron chi connectivity index (χ2n) is 3.62. The molecule has 0 aliphatic heterocycles. The highest BCUT2D eigenvalue weighted by molar-refractivity contribution is 6.32. The van der Waals surface area contributed by atoms with Gasteiger partial charge in [-0.15, -0.1) is 0 Å².